The van der Waals surface area contributed by atoms with Crippen LogP contribution < -0.4 is 0 Å². The average Bonchev–Trinajstić information content (AvgIpc) is 2.77. The maximum absolute atomic E-state index is 11.6. The fourth-order valence-corrected chi connectivity index (χ4v) is 1.55. The molecule has 0 aromatic carbocycles. The lowest BCUT2D eigenvalue weighted by Crippen LogP contribution is -1.98. The number of hydrogen-bond acceptors (Lipinski definition) is 2. The Morgan fingerprint density at radius 2 is 2.27 bits per heavy atom. The van der Waals surface area contributed by atoms with Crippen LogP contribution in [0.5, 0.6) is 0 Å². The summed E-state index contributed by atoms with van der Waals surface area (Å²) in [5.41, 5.74) is 0.707. The smallest absolute Gasteiger partial charge is 0.166 e. The normalized spacial score (nSPS) is 12.7. The van der Waals surface area contributed by atoms with Crippen LogP contribution in [0.15, 0.2) is 23.0 Å². The van der Waals surface area contributed by atoms with Gasteiger partial charge >= 0.3 is 0 Å². The SMILES string of the molecule is CCC(C)CCCCC(=O)c1ccoc1. The molecule has 1 unspecified atom stereocenters. The second kappa shape index (κ2) is 6.44. The van der Waals surface area contributed by atoms with E-state index in [0.717, 1.165) is 18.8 Å². The molecule has 0 radical (unpaired) electrons. The van der Waals surface area contributed by atoms with E-state index in [-0.39, 0.29) is 5.78 Å². The molecule has 2 nitrogen and oxygen atoms in total. The van der Waals surface area contributed by atoms with Crippen molar-refractivity contribution in [1.29, 1.82) is 0 Å². The molecule has 15 heavy (non-hydrogen) atoms. The van der Waals surface area contributed by atoms with E-state index in [2.05, 4.69) is 13.8 Å². The van der Waals surface area contributed by atoms with Gasteiger partial charge in [-0.25, -0.2) is 0 Å². The lowest BCUT2D eigenvalue weighted by atomic mass is 9.99. The highest BCUT2D eigenvalue weighted by Gasteiger charge is 2.06. The molecule has 84 valence electrons. The van der Waals surface area contributed by atoms with Crippen LogP contribution in [0, 0.1) is 5.92 Å². The fraction of sp³-hybridized carbons (Fsp3) is 0.615. The van der Waals surface area contributed by atoms with Crippen molar-refractivity contribution in [2.24, 2.45) is 5.92 Å². The van der Waals surface area contributed by atoms with Gasteiger partial charge in [-0.1, -0.05) is 33.1 Å². The van der Waals surface area contributed by atoms with Gasteiger partial charge in [0.1, 0.15) is 6.26 Å². The van der Waals surface area contributed by atoms with Crippen LogP contribution in [0.3, 0.4) is 0 Å². The zero-order valence-corrected chi connectivity index (χ0v) is 9.66. The number of Topliss-reactive ketones (excluding diaryl/α,β-unsaturated/α-hetero) is 1. The minimum atomic E-state index is 0.202. The van der Waals surface area contributed by atoms with Crippen molar-refractivity contribution in [3.63, 3.8) is 0 Å². The molecule has 0 aliphatic heterocycles. The molecule has 0 spiro atoms. The van der Waals surface area contributed by atoms with E-state index in [1.807, 2.05) is 0 Å². The first-order valence-corrected chi connectivity index (χ1v) is 5.79. The first-order valence-electron chi connectivity index (χ1n) is 5.79. The Kier molecular flexibility index (Phi) is 5.16. The van der Waals surface area contributed by atoms with E-state index in [4.69, 9.17) is 4.42 Å². The van der Waals surface area contributed by atoms with Gasteiger partial charge in [0.15, 0.2) is 5.78 Å². The zero-order valence-electron chi connectivity index (χ0n) is 9.66. The quantitative estimate of drug-likeness (QED) is 0.499. The number of ketones is 1. The van der Waals surface area contributed by atoms with Crippen LogP contribution in [-0.4, -0.2) is 5.78 Å². The van der Waals surface area contributed by atoms with Gasteiger partial charge in [-0.05, 0) is 18.4 Å². The highest BCUT2D eigenvalue weighted by Crippen LogP contribution is 2.14. The predicted molar refractivity (Wildman–Crippen MR) is 61.0 cm³/mol. The molecule has 0 aliphatic rings. The Hall–Kier alpha value is -1.05. The summed E-state index contributed by atoms with van der Waals surface area (Å²) in [4.78, 5) is 11.6. The molecule has 0 saturated carbocycles. The van der Waals surface area contributed by atoms with Gasteiger partial charge < -0.3 is 4.42 Å². The number of unbranched alkanes of at least 4 members (excludes halogenated alkanes) is 1. The Morgan fingerprint density at radius 1 is 1.47 bits per heavy atom. The monoisotopic (exact) mass is 208 g/mol. The molecule has 0 amide bonds. The molecule has 2 heteroatoms. The van der Waals surface area contributed by atoms with Crippen molar-refractivity contribution >= 4 is 5.78 Å². The minimum absolute atomic E-state index is 0.202. The van der Waals surface area contributed by atoms with Gasteiger partial charge in [0, 0.05) is 6.42 Å². The zero-order chi connectivity index (χ0) is 11.1. The number of carbonyl (C=O) groups excluding carboxylic acids is 1. The van der Waals surface area contributed by atoms with Crippen molar-refractivity contribution in [3.8, 4) is 0 Å². The van der Waals surface area contributed by atoms with Crippen molar-refractivity contribution in [1.82, 2.24) is 0 Å². The van der Waals surface area contributed by atoms with Crippen LogP contribution in [0.25, 0.3) is 0 Å². The van der Waals surface area contributed by atoms with E-state index in [0.29, 0.717) is 12.0 Å². The molecular formula is C13H20O2. The number of rotatable bonds is 7. The summed E-state index contributed by atoms with van der Waals surface area (Å²) in [6.45, 7) is 4.47. The van der Waals surface area contributed by atoms with Crippen LogP contribution in [0.2, 0.25) is 0 Å². The van der Waals surface area contributed by atoms with E-state index in [1.165, 1.54) is 19.1 Å². The Labute approximate surface area is 91.7 Å². The molecule has 0 N–H and O–H groups in total. The molecule has 0 saturated heterocycles. The van der Waals surface area contributed by atoms with Crippen LogP contribution >= 0.6 is 0 Å². The van der Waals surface area contributed by atoms with Gasteiger partial charge in [0.05, 0.1) is 11.8 Å². The van der Waals surface area contributed by atoms with Gasteiger partial charge in [-0.3, -0.25) is 4.79 Å². The van der Waals surface area contributed by atoms with Gasteiger partial charge in [0.25, 0.3) is 0 Å². The molecule has 0 bridgehead atoms. The Balaban J connectivity index is 2.13. The van der Waals surface area contributed by atoms with Crippen LogP contribution in [0.4, 0.5) is 0 Å². The third kappa shape index (κ3) is 4.32. The summed E-state index contributed by atoms with van der Waals surface area (Å²) in [5, 5.41) is 0. The maximum Gasteiger partial charge on any atom is 0.166 e. The predicted octanol–water partition coefficient (Wildman–Crippen LogP) is 4.07. The van der Waals surface area contributed by atoms with Crippen LogP contribution in [-0.2, 0) is 0 Å². The fourth-order valence-electron chi connectivity index (χ4n) is 1.55. The molecule has 1 aromatic rings. The molecule has 0 fully saturated rings. The largest absolute Gasteiger partial charge is 0.472 e. The molecule has 1 aromatic heterocycles. The summed E-state index contributed by atoms with van der Waals surface area (Å²) in [7, 11) is 0. The van der Waals surface area contributed by atoms with Gasteiger partial charge in [0.2, 0.25) is 0 Å². The summed E-state index contributed by atoms with van der Waals surface area (Å²) in [6.07, 6.45) is 8.33. The molecule has 1 atom stereocenters. The van der Waals surface area contributed by atoms with E-state index in [1.54, 1.807) is 12.3 Å². The standard InChI is InChI=1S/C13H20O2/c1-3-11(2)6-4-5-7-13(14)12-8-9-15-10-12/h8-11H,3-7H2,1-2H3. The van der Waals surface area contributed by atoms with Gasteiger partial charge in [-0.15, -0.1) is 0 Å². The average molecular weight is 208 g/mol. The lowest BCUT2D eigenvalue weighted by Gasteiger charge is -2.06. The first kappa shape index (κ1) is 12.0. The summed E-state index contributed by atoms with van der Waals surface area (Å²) in [6, 6.07) is 1.73. The highest BCUT2D eigenvalue weighted by atomic mass is 16.3. The second-order valence-electron chi connectivity index (χ2n) is 4.19. The number of hydrogen-bond donors (Lipinski definition) is 0. The first-order chi connectivity index (χ1) is 7.24. The van der Waals surface area contributed by atoms with E-state index < -0.39 is 0 Å². The second-order valence-corrected chi connectivity index (χ2v) is 4.19. The number of carbonyl (C=O) groups is 1. The third-order valence-corrected chi connectivity index (χ3v) is 2.89. The topological polar surface area (TPSA) is 30.2 Å². The third-order valence-electron chi connectivity index (χ3n) is 2.89. The summed E-state index contributed by atoms with van der Waals surface area (Å²) >= 11 is 0. The molecule has 0 aliphatic carbocycles. The van der Waals surface area contributed by atoms with Crippen molar-refractivity contribution < 1.29 is 9.21 Å². The summed E-state index contributed by atoms with van der Waals surface area (Å²) in [5.74, 6) is 0.988. The maximum atomic E-state index is 11.6. The van der Waals surface area contributed by atoms with Crippen molar-refractivity contribution in [3.05, 3.63) is 24.2 Å². The van der Waals surface area contributed by atoms with Crippen molar-refractivity contribution in [2.75, 3.05) is 0 Å². The van der Waals surface area contributed by atoms with Gasteiger partial charge in [-0.2, -0.15) is 0 Å². The number of furan rings is 1. The lowest BCUT2D eigenvalue weighted by molar-refractivity contribution is 0.0978. The Morgan fingerprint density at radius 3 is 2.87 bits per heavy atom. The summed E-state index contributed by atoms with van der Waals surface area (Å²) < 4.78 is 4.88. The molecular weight excluding hydrogens is 188 g/mol. The van der Waals surface area contributed by atoms with E-state index >= 15 is 0 Å². The highest BCUT2D eigenvalue weighted by molar-refractivity contribution is 5.95. The van der Waals surface area contributed by atoms with E-state index in [9.17, 15) is 4.79 Å². The molecule has 1 heterocycles. The Bertz CT molecular complexity index is 275. The molecule has 1 rings (SSSR count). The van der Waals surface area contributed by atoms with Crippen molar-refractivity contribution in [2.45, 2.75) is 46.0 Å². The minimum Gasteiger partial charge on any atom is -0.472 e. The van der Waals surface area contributed by atoms with Crippen LogP contribution in [0.1, 0.15) is 56.3 Å².